The summed E-state index contributed by atoms with van der Waals surface area (Å²) in [7, 11) is -0.513. The van der Waals surface area contributed by atoms with E-state index in [-0.39, 0.29) is 60.0 Å². The number of nitrogen functional groups attached to an aromatic ring is 1. The Bertz CT molecular complexity index is 2340. The highest BCUT2D eigenvalue weighted by atomic mass is 28.4. The molecule has 1 fully saturated rings. The van der Waals surface area contributed by atoms with Gasteiger partial charge in [0.2, 0.25) is 5.91 Å². The van der Waals surface area contributed by atoms with Gasteiger partial charge in [-0.1, -0.05) is 45.9 Å². The van der Waals surface area contributed by atoms with Gasteiger partial charge in [-0.05, 0) is 138 Å². The predicted molar refractivity (Wildman–Crippen MR) is 257 cm³/mol. The maximum atomic E-state index is 15.9. The minimum Gasteiger partial charge on any atom is -0.487 e. The maximum absolute atomic E-state index is 15.9. The topological polar surface area (TPSA) is 166 Å². The van der Waals surface area contributed by atoms with E-state index in [9.17, 15) is 19.5 Å². The molecule has 1 saturated carbocycles. The van der Waals surface area contributed by atoms with Gasteiger partial charge in [0.25, 0.3) is 0 Å². The third kappa shape index (κ3) is 13.0. The Hall–Kier alpha value is -5.25. The highest BCUT2D eigenvalue weighted by Gasteiger charge is 2.43. The number of ether oxygens (including phenoxy) is 3. The van der Waals surface area contributed by atoms with Crippen molar-refractivity contribution in [1.82, 2.24) is 9.88 Å². The van der Waals surface area contributed by atoms with E-state index in [1.807, 2.05) is 32.0 Å². The Labute approximate surface area is 385 Å². The van der Waals surface area contributed by atoms with Crippen LogP contribution in [0.5, 0.6) is 5.75 Å². The van der Waals surface area contributed by atoms with Crippen molar-refractivity contribution in [2.24, 2.45) is 5.92 Å². The van der Waals surface area contributed by atoms with Crippen LogP contribution in [0, 0.1) is 18.7 Å². The molecule has 354 valence electrons. The lowest BCUT2D eigenvalue weighted by Gasteiger charge is -2.39. The van der Waals surface area contributed by atoms with Crippen LogP contribution in [-0.4, -0.2) is 79.0 Å². The van der Waals surface area contributed by atoms with Crippen molar-refractivity contribution in [3.05, 3.63) is 88.9 Å². The summed E-state index contributed by atoms with van der Waals surface area (Å²) in [6.45, 7) is 25.1. The van der Waals surface area contributed by atoms with E-state index in [4.69, 9.17) is 24.4 Å². The van der Waals surface area contributed by atoms with Gasteiger partial charge in [-0.25, -0.2) is 19.0 Å². The quantitative estimate of drug-likeness (QED) is 0.0767. The average molecular weight is 916 g/mol. The highest BCUT2D eigenvalue weighted by molar-refractivity contribution is 6.74. The van der Waals surface area contributed by atoms with Gasteiger partial charge in [-0.15, -0.1) is 0 Å². The van der Waals surface area contributed by atoms with Gasteiger partial charge in [0.1, 0.15) is 23.9 Å². The van der Waals surface area contributed by atoms with Gasteiger partial charge >= 0.3 is 12.2 Å². The number of fused-ring (bicyclic) bond motifs is 1. The van der Waals surface area contributed by atoms with Crippen LogP contribution >= 0.6 is 0 Å². The Morgan fingerprint density at radius 1 is 0.938 bits per heavy atom. The molecule has 0 aliphatic heterocycles. The van der Waals surface area contributed by atoms with Gasteiger partial charge < -0.3 is 39.7 Å². The Morgan fingerprint density at radius 3 is 2.12 bits per heavy atom. The second-order valence-electron chi connectivity index (χ2n) is 20.9. The monoisotopic (exact) mass is 915 g/mol. The molecule has 1 aliphatic carbocycles. The number of aromatic nitrogens is 1. The number of aliphatic hydroxyl groups excluding tert-OH is 1. The lowest BCUT2D eigenvalue weighted by atomic mass is 9.93. The number of amides is 3. The second kappa shape index (κ2) is 19.7. The van der Waals surface area contributed by atoms with Crippen LogP contribution in [-0.2, 0) is 25.2 Å². The molecule has 1 unspecified atom stereocenters. The zero-order valence-electron chi connectivity index (χ0n) is 40.7. The van der Waals surface area contributed by atoms with E-state index in [1.54, 1.807) is 78.9 Å². The third-order valence-corrected chi connectivity index (χ3v) is 16.3. The molecule has 0 spiro atoms. The number of imide groups is 1. The van der Waals surface area contributed by atoms with Crippen LogP contribution in [0.1, 0.15) is 116 Å². The van der Waals surface area contributed by atoms with E-state index < -0.39 is 43.6 Å². The molecule has 0 radical (unpaired) electrons. The Balaban J connectivity index is 1.50. The number of carbonyl (C=O) groups is 3. The summed E-state index contributed by atoms with van der Waals surface area (Å²) < 4.78 is 40.2. The summed E-state index contributed by atoms with van der Waals surface area (Å²) in [5.41, 5.74) is 7.99. The molecule has 4 N–H and O–H groups in total. The van der Waals surface area contributed by atoms with Crippen molar-refractivity contribution in [1.29, 1.82) is 0 Å². The summed E-state index contributed by atoms with van der Waals surface area (Å²) in [5.74, 6) is -0.712. The minimum absolute atomic E-state index is 0.0107. The SMILES string of the molecule is Cc1cc(C(Nc2ccc3c(N(C(=O)OC(C)(C)C)C(=O)OC(C)(C)C)nccc3c2)C(=O)N(C)Cc2cc(N)cc(F)c2OC[C@@H](O[Si](C)(C)C(C)(C)C)C2CC2)ccc1[C@@H](C)CO. The van der Waals surface area contributed by atoms with E-state index in [0.717, 1.165) is 28.9 Å². The van der Waals surface area contributed by atoms with E-state index >= 15 is 4.39 Å². The molecule has 3 atom stereocenters. The summed E-state index contributed by atoms with van der Waals surface area (Å²) in [6, 6.07) is 14.5. The number of pyridine rings is 1. The van der Waals surface area contributed by atoms with Gasteiger partial charge in [0.15, 0.2) is 25.7 Å². The van der Waals surface area contributed by atoms with Crippen molar-refractivity contribution < 1.29 is 42.5 Å². The highest BCUT2D eigenvalue weighted by Crippen LogP contribution is 2.43. The number of nitrogens with zero attached hydrogens (tertiary/aromatic N) is 3. The van der Waals surface area contributed by atoms with Crippen LogP contribution in [0.15, 0.2) is 60.8 Å². The number of rotatable bonds is 15. The van der Waals surface area contributed by atoms with E-state index in [1.165, 1.54) is 17.2 Å². The lowest BCUT2D eigenvalue weighted by molar-refractivity contribution is -0.131. The number of anilines is 3. The standard InChI is InChI=1S/C50H70FN5O8Si/c1-30-23-34(17-19-38(30)31(2)28-57)42(54-37-18-20-39-33(25-37)21-22-53-44(39)56(46(59)62-48(3,4)5)47(60)63-49(6,7)8)45(58)55(12)27-35-24-36(52)26-40(51)43(35)61-29-41(32-15-16-32)64-65(13,14)50(9,10)11/h17-26,31-32,41-42,54,57H,15-16,27-29,52H2,1-14H3/t31-,41+,42?/m0/s1. The predicted octanol–water partition coefficient (Wildman–Crippen LogP) is 11.0. The molecule has 4 aromatic rings. The zero-order chi connectivity index (χ0) is 48.4. The number of aryl methyl sites for hydroxylation is 1. The fourth-order valence-corrected chi connectivity index (χ4v) is 8.61. The molecule has 0 saturated heterocycles. The van der Waals surface area contributed by atoms with Crippen LogP contribution in [0.3, 0.4) is 0 Å². The zero-order valence-corrected chi connectivity index (χ0v) is 41.7. The second-order valence-corrected chi connectivity index (χ2v) is 25.7. The van der Waals surface area contributed by atoms with E-state index in [0.29, 0.717) is 33.5 Å². The van der Waals surface area contributed by atoms with Crippen molar-refractivity contribution in [3.8, 4) is 5.75 Å². The molecule has 1 aromatic heterocycles. The first kappa shape index (κ1) is 50.7. The summed E-state index contributed by atoms with van der Waals surface area (Å²) in [6.07, 6.45) is 1.42. The number of nitrogens with one attached hydrogen (secondary N) is 1. The van der Waals surface area contributed by atoms with Gasteiger partial charge in [0, 0.05) is 60.7 Å². The summed E-state index contributed by atoms with van der Waals surface area (Å²) in [4.78, 5) is 48.7. The van der Waals surface area contributed by atoms with Gasteiger partial charge in [-0.3, -0.25) is 4.79 Å². The molecule has 65 heavy (non-hydrogen) atoms. The third-order valence-electron chi connectivity index (χ3n) is 11.8. The van der Waals surface area contributed by atoms with E-state index in [2.05, 4.69) is 44.2 Å². The molecule has 3 amide bonds. The van der Waals surface area contributed by atoms with Crippen molar-refractivity contribution >= 4 is 54.4 Å². The van der Waals surface area contributed by atoms with Crippen LogP contribution < -0.4 is 20.7 Å². The number of benzene rings is 3. The number of hydrogen-bond donors (Lipinski definition) is 3. The molecule has 15 heteroatoms. The summed E-state index contributed by atoms with van der Waals surface area (Å²) in [5, 5.41) is 14.4. The number of nitrogens with two attached hydrogens (primary N) is 1. The molecule has 1 aliphatic rings. The smallest absolute Gasteiger partial charge is 0.425 e. The number of halogens is 1. The Kier molecular flexibility index (Phi) is 15.4. The van der Waals surface area contributed by atoms with Crippen molar-refractivity contribution in [3.63, 3.8) is 0 Å². The molecular formula is C50H70FN5O8Si. The molecule has 5 rings (SSSR count). The fraction of sp³-hybridized carbons (Fsp3) is 0.520. The average Bonchev–Trinajstić information content (AvgIpc) is 4.03. The van der Waals surface area contributed by atoms with Crippen LogP contribution in [0.4, 0.5) is 31.2 Å². The molecule has 0 bridgehead atoms. The maximum Gasteiger partial charge on any atom is 0.425 e. The fourth-order valence-electron chi connectivity index (χ4n) is 7.24. The van der Waals surface area contributed by atoms with Crippen molar-refractivity contribution in [2.75, 3.05) is 36.2 Å². The first-order chi connectivity index (χ1) is 30.1. The van der Waals surface area contributed by atoms with Gasteiger partial charge in [0.05, 0.1) is 6.10 Å². The van der Waals surface area contributed by atoms with Crippen LogP contribution in [0.2, 0.25) is 18.1 Å². The number of carbonyl (C=O) groups excluding carboxylic acids is 3. The lowest BCUT2D eigenvalue weighted by Crippen LogP contribution is -2.46. The molecular weight excluding hydrogens is 846 g/mol. The normalized spacial score (nSPS) is 14.9. The molecule has 3 aromatic carbocycles. The number of hydrogen-bond acceptors (Lipinski definition) is 11. The largest absolute Gasteiger partial charge is 0.487 e. The van der Waals surface area contributed by atoms with Crippen molar-refractivity contribution in [2.45, 2.75) is 143 Å². The number of aliphatic hydroxyl groups is 1. The van der Waals surface area contributed by atoms with Crippen LogP contribution in [0.25, 0.3) is 10.8 Å². The minimum atomic E-state index is -2.16. The Morgan fingerprint density at radius 2 is 1.57 bits per heavy atom. The number of likely N-dealkylation sites (N-methyl/N-ethyl adjacent to an activating group) is 1. The molecule has 13 nitrogen and oxygen atoms in total. The first-order valence-corrected chi connectivity index (χ1v) is 25.3. The first-order valence-electron chi connectivity index (χ1n) is 22.3. The summed E-state index contributed by atoms with van der Waals surface area (Å²) >= 11 is 0. The molecule has 1 heterocycles. The van der Waals surface area contributed by atoms with Gasteiger partial charge in [-0.2, -0.15) is 4.90 Å².